The first-order valence-corrected chi connectivity index (χ1v) is 3.46. The summed E-state index contributed by atoms with van der Waals surface area (Å²) in [6.07, 6.45) is 5.02. The van der Waals surface area contributed by atoms with Crippen molar-refractivity contribution in [1.82, 2.24) is 10.6 Å². The normalized spacial score (nSPS) is 9.20. The monoisotopic (exact) mass is 141 g/mol. The largest absolute Gasteiger partial charge is 0.329 e. The first kappa shape index (κ1) is 9.44. The molecule has 58 valence electrons. The highest BCUT2D eigenvalue weighted by molar-refractivity contribution is 4.86. The van der Waals surface area contributed by atoms with Crippen molar-refractivity contribution in [2.24, 2.45) is 5.73 Å². The molecule has 0 amide bonds. The Morgan fingerprint density at radius 1 is 1.20 bits per heavy atom. The van der Waals surface area contributed by atoms with E-state index < -0.39 is 0 Å². The van der Waals surface area contributed by atoms with Gasteiger partial charge >= 0.3 is 0 Å². The Morgan fingerprint density at radius 2 is 1.90 bits per heavy atom. The lowest BCUT2D eigenvalue weighted by molar-refractivity contribution is 0.642. The molecule has 3 nitrogen and oxygen atoms in total. The molecule has 3 heteroatoms. The van der Waals surface area contributed by atoms with E-state index in [9.17, 15) is 0 Å². The Kier molecular flexibility index (Phi) is 7.97. The molecular weight excluding hydrogens is 126 g/mol. The Labute approximate surface area is 62.4 Å². The maximum absolute atomic E-state index is 5.25. The van der Waals surface area contributed by atoms with Crippen LogP contribution in [0.2, 0.25) is 0 Å². The lowest BCUT2D eigenvalue weighted by Crippen LogP contribution is -2.30. The topological polar surface area (TPSA) is 50.1 Å². The molecule has 0 aliphatic heterocycles. The molecule has 0 spiro atoms. The lowest BCUT2D eigenvalue weighted by atomic mass is 10.5. The number of hydrogen-bond donors (Lipinski definition) is 3. The van der Waals surface area contributed by atoms with Gasteiger partial charge in [0.15, 0.2) is 0 Å². The zero-order valence-electron chi connectivity index (χ0n) is 6.19. The standard InChI is InChI=1S/C7H15N3/c1-2-4-9-6-7-10-5-3-8/h1,9-10H,3-8H2. The predicted octanol–water partition coefficient (Wildman–Crippen LogP) is -1.24. The molecule has 0 atom stereocenters. The van der Waals surface area contributed by atoms with Crippen molar-refractivity contribution >= 4 is 0 Å². The number of nitrogens with two attached hydrogens (primary N) is 1. The van der Waals surface area contributed by atoms with E-state index in [-0.39, 0.29) is 0 Å². The molecule has 0 unspecified atom stereocenters. The molecule has 0 aromatic rings. The first-order valence-electron chi connectivity index (χ1n) is 3.46. The Morgan fingerprint density at radius 3 is 2.50 bits per heavy atom. The summed E-state index contributed by atoms with van der Waals surface area (Å²) >= 11 is 0. The molecule has 0 bridgehead atoms. The molecule has 0 heterocycles. The first-order chi connectivity index (χ1) is 4.91. The highest BCUT2D eigenvalue weighted by atomic mass is 14.9. The maximum atomic E-state index is 5.25. The summed E-state index contributed by atoms with van der Waals surface area (Å²) in [5.41, 5.74) is 5.25. The fourth-order valence-electron chi connectivity index (χ4n) is 0.564. The van der Waals surface area contributed by atoms with Gasteiger partial charge in [0, 0.05) is 26.2 Å². The molecule has 10 heavy (non-hydrogen) atoms. The third-order valence-electron chi connectivity index (χ3n) is 1.03. The van der Waals surface area contributed by atoms with Crippen molar-refractivity contribution in [2.45, 2.75) is 0 Å². The molecule has 0 rings (SSSR count). The van der Waals surface area contributed by atoms with Crippen LogP contribution >= 0.6 is 0 Å². The van der Waals surface area contributed by atoms with Crippen molar-refractivity contribution < 1.29 is 0 Å². The molecule has 0 aliphatic rings. The van der Waals surface area contributed by atoms with Crippen molar-refractivity contribution in [3.05, 3.63) is 0 Å². The van der Waals surface area contributed by atoms with E-state index in [1.807, 2.05) is 0 Å². The molecule has 0 aromatic carbocycles. The fraction of sp³-hybridized carbons (Fsp3) is 0.714. The van der Waals surface area contributed by atoms with Gasteiger partial charge in [0.05, 0.1) is 6.54 Å². The van der Waals surface area contributed by atoms with Crippen LogP contribution in [0.1, 0.15) is 0 Å². The minimum atomic E-state index is 0.643. The van der Waals surface area contributed by atoms with Crippen LogP contribution < -0.4 is 16.4 Å². The molecule has 0 aromatic heterocycles. The van der Waals surface area contributed by atoms with E-state index >= 15 is 0 Å². The molecule has 0 radical (unpaired) electrons. The van der Waals surface area contributed by atoms with E-state index in [0.717, 1.165) is 19.6 Å². The summed E-state index contributed by atoms with van der Waals surface area (Å²) in [6.45, 7) is 4.04. The van der Waals surface area contributed by atoms with Crippen LogP contribution in [-0.2, 0) is 0 Å². The van der Waals surface area contributed by atoms with E-state index in [2.05, 4.69) is 16.6 Å². The third-order valence-corrected chi connectivity index (χ3v) is 1.03. The summed E-state index contributed by atoms with van der Waals surface area (Å²) in [6, 6.07) is 0. The van der Waals surface area contributed by atoms with Gasteiger partial charge in [0.25, 0.3) is 0 Å². The van der Waals surface area contributed by atoms with E-state index in [0.29, 0.717) is 13.1 Å². The average Bonchev–Trinajstić information content (AvgIpc) is 1.97. The number of hydrogen-bond acceptors (Lipinski definition) is 3. The minimum absolute atomic E-state index is 0.643. The highest BCUT2D eigenvalue weighted by Gasteiger charge is 1.82. The van der Waals surface area contributed by atoms with E-state index in [1.165, 1.54) is 0 Å². The maximum Gasteiger partial charge on any atom is 0.0574 e. The van der Waals surface area contributed by atoms with Crippen LogP contribution in [0.4, 0.5) is 0 Å². The summed E-state index contributed by atoms with van der Waals surface area (Å²) in [5, 5.41) is 6.19. The van der Waals surface area contributed by atoms with Crippen LogP contribution in [0, 0.1) is 12.3 Å². The molecule has 0 saturated carbocycles. The zero-order valence-corrected chi connectivity index (χ0v) is 6.19. The quantitative estimate of drug-likeness (QED) is 0.320. The minimum Gasteiger partial charge on any atom is -0.329 e. The van der Waals surface area contributed by atoms with Crippen molar-refractivity contribution in [2.75, 3.05) is 32.7 Å². The van der Waals surface area contributed by atoms with Gasteiger partial charge in [-0.25, -0.2) is 0 Å². The molecular formula is C7H15N3. The summed E-state index contributed by atoms with van der Waals surface area (Å²) in [7, 11) is 0. The third kappa shape index (κ3) is 7.44. The Hall–Kier alpha value is -0.560. The van der Waals surface area contributed by atoms with Gasteiger partial charge in [-0.05, 0) is 0 Å². The van der Waals surface area contributed by atoms with Crippen LogP contribution in [0.25, 0.3) is 0 Å². The highest BCUT2D eigenvalue weighted by Crippen LogP contribution is 1.57. The second-order valence-electron chi connectivity index (χ2n) is 1.92. The molecule has 0 saturated heterocycles. The number of terminal acetylenes is 1. The average molecular weight is 141 g/mol. The number of nitrogens with one attached hydrogen (secondary N) is 2. The SMILES string of the molecule is C#CCNCCNCCN. The van der Waals surface area contributed by atoms with Gasteiger partial charge in [0.2, 0.25) is 0 Å². The van der Waals surface area contributed by atoms with Crippen LogP contribution in [0.15, 0.2) is 0 Å². The van der Waals surface area contributed by atoms with Gasteiger partial charge < -0.3 is 16.4 Å². The Balaban J connectivity index is 2.72. The summed E-state index contributed by atoms with van der Waals surface area (Å²) in [4.78, 5) is 0. The van der Waals surface area contributed by atoms with Crippen molar-refractivity contribution in [3.63, 3.8) is 0 Å². The van der Waals surface area contributed by atoms with Crippen molar-refractivity contribution in [3.8, 4) is 12.3 Å². The van der Waals surface area contributed by atoms with E-state index in [4.69, 9.17) is 12.2 Å². The van der Waals surface area contributed by atoms with Gasteiger partial charge in [-0.15, -0.1) is 6.42 Å². The van der Waals surface area contributed by atoms with Crippen LogP contribution in [0.3, 0.4) is 0 Å². The zero-order chi connectivity index (χ0) is 7.66. The van der Waals surface area contributed by atoms with Crippen LogP contribution in [-0.4, -0.2) is 32.7 Å². The second-order valence-corrected chi connectivity index (χ2v) is 1.92. The smallest absolute Gasteiger partial charge is 0.0574 e. The summed E-state index contributed by atoms with van der Waals surface area (Å²) < 4.78 is 0. The predicted molar refractivity (Wildman–Crippen MR) is 43.6 cm³/mol. The van der Waals surface area contributed by atoms with Crippen LogP contribution in [0.5, 0.6) is 0 Å². The second kappa shape index (κ2) is 8.44. The molecule has 0 aliphatic carbocycles. The molecule has 0 fully saturated rings. The number of rotatable bonds is 6. The fourth-order valence-corrected chi connectivity index (χ4v) is 0.564. The van der Waals surface area contributed by atoms with Crippen molar-refractivity contribution in [1.29, 1.82) is 0 Å². The van der Waals surface area contributed by atoms with Gasteiger partial charge in [0.1, 0.15) is 0 Å². The van der Waals surface area contributed by atoms with Gasteiger partial charge in [-0.3, -0.25) is 0 Å². The van der Waals surface area contributed by atoms with Gasteiger partial charge in [-0.2, -0.15) is 0 Å². The summed E-state index contributed by atoms with van der Waals surface area (Å²) in [5.74, 6) is 2.50. The van der Waals surface area contributed by atoms with E-state index in [1.54, 1.807) is 0 Å². The Bertz CT molecular complexity index is 95.5. The lowest BCUT2D eigenvalue weighted by Gasteiger charge is -2.01. The van der Waals surface area contributed by atoms with Gasteiger partial charge in [-0.1, -0.05) is 5.92 Å². The molecule has 4 N–H and O–H groups in total.